The van der Waals surface area contributed by atoms with E-state index in [9.17, 15) is 15.4 Å². The van der Waals surface area contributed by atoms with E-state index < -0.39 is 23.2 Å². The fourth-order valence-corrected chi connectivity index (χ4v) is 7.28. The van der Waals surface area contributed by atoms with Gasteiger partial charge < -0.3 is 29.5 Å². The van der Waals surface area contributed by atoms with Crippen LogP contribution in [-0.2, 0) is 16.6 Å². The van der Waals surface area contributed by atoms with Crippen molar-refractivity contribution in [3.63, 3.8) is 0 Å². The number of piperidine rings is 1. The van der Waals surface area contributed by atoms with Crippen LogP contribution in [0.25, 0.3) is 0 Å². The number of likely N-dealkylation sites (tertiary alicyclic amines) is 1. The zero-order valence-corrected chi connectivity index (χ0v) is 18.3. The molecule has 2 N–H and O–H groups in total. The van der Waals surface area contributed by atoms with Crippen molar-refractivity contribution in [2.45, 2.75) is 81.1 Å². The van der Waals surface area contributed by atoms with E-state index in [0.717, 1.165) is 17.5 Å². The van der Waals surface area contributed by atoms with E-state index in [4.69, 9.17) is 9.47 Å². The number of hydroxylamine groups is 3. The minimum atomic E-state index is -0.631. The SMILES string of the molecule is CCCO[C@@]12CC[C@H](O)[C@@H]3Oc4c(O)ccc5c4[C@@]31CC[N+]([O-])(CC1CC1)[C@@H]2C5.Cl. The van der Waals surface area contributed by atoms with E-state index in [0.29, 0.717) is 57.0 Å². The summed E-state index contributed by atoms with van der Waals surface area (Å²) in [6.45, 7) is 3.93. The van der Waals surface area contributed by atoms with Crippen molar-refractivity contribution in [2.75, 3.05) is 19.7 Å². The van der Waals surface area contributed by atoms with Gasteiger partial charge in [0.15, 0.2) is 11.5 Å². The van der Waals surface area contributed by atoms with Gasteiger partial charge in [0.05, 0.1) is 24.6 Å². The first-order valence-electron chi connectivity index (χ1n) is 11.4. The predicted octanol–water partition coefficient (Wildman–Crippen LogP) is 3.19. The highest BCUT2D eigenvalue weighted by molar-refractivity contribution is 5.85. The number of hydrogen-bond donors (Lipinski definition) is 2. The van der Waals surface area contributed by atoms with Crippen LogP contribution in [0.3, 0.4) is 0 Å². The molecule has 5 aliphatic rings. The number of nitrogens with zero attached hydrogens (tertiary/aromatic N) is 1. The molecule has 2 saturated carbocycles. The maximum Gasteiger partial charge on any atom is 0.165 e. The summed E-state index contributed by atoms with van der Waals surface area (Å²) in [7, 11) is 0. The Labute approximate surface area is 183 Å². The number of quaternary nitrogens is 1. The fraction of sp³-hybridized carbons (Fsp3) is 0.739. The highest BCUT2D eigenvalue weighted by Crippen LogP contribution is 2.67. The third kappa shape index (κ3) is 2.40. The molecule has 1 aromatic carbocycles. The maximum atomic E-state index is 14.3. The van der Waals surface area contributed by atoms with Crippen molar-refractivity contribution in [1.29, 1.82) is 0 Å². The monoisotopic (exact) mass is 437 g/mol. The highest BCUT2D eigenvalue weighted by atomic mass is 35.5. The number of hydrogen-bond acceptors (Lipinski definition) is 5. The quantitative estimate of drug-likeness (QED) is 0.546. The Hall–Kier alpha value is -1.05. The Morgan fingerprint density at radius 3 is 2.80 bits per heavy atom. The van der Waals surface area contributed by atoms with Gasteiger partial charge in [-0.15, -0.1) is 12.4 Å². The van der Waals surface area contributed by atoms with E-state index in [-0.39, 0.29) is 28.8 Å². The molecule has 1 unspecified atom stereocenters. The molecule has 6 rings (SSSR count). The lowest BCUT2D eigenvalue weighted by Gasteiger charge is -2.69. The predicted molar refractivity (Wildman–Crippen MR) is 114 cm³/mol. The highest BCUT2D eigenvalue weighted by Gasteiger charge is 2.76. The van der Waals surface area contributed by atoms with Gasteiger partial charge in [0, 0.05) is 30.9 Å². The number of aliphatic hydroxyl groups is 1. The molecule has 166 valence electrons. The Morgan fingerprint density at radius 2 is 2.07 bits per heavy atom. The number of aliphatic hydroxyl groups excluding tert-OH is 1. The number of phenols is 1. The summed E-state index contributed by atoms with van der Waals surface area (Å²) in [6, 6.07) is 3.47. The largest absolute Gasteiger partial charge is 0.632 e. The number of phenolic OH excluding ortho intramolecular Hbond substituents is 1. The molecule has 2 aliphatic heterocycles. The molecule has 30 heavy (non-hydrogen) atoms. The molecule has 1 saturated heterocycles. The van der Waals surface area contributed by atoms with Crippen molar-refractivity contribution in [3.8, 4) is 11.5 Å². The second kappa shape index (κ2) is 6.72. The van der Waals surface area contributed by atoms with Crippen molar-refractivity contribution < 1.29 is 24.3 Å². The molecule has 6 atom stereocenters. The van der Waals surface area contributed by atoms with Crippen LogP contribution in [0.15, 0.2) is 12.1 Å². The molecule has 3 aliphatic carbocycles. The van der Waals surface area contributed by atoms with Gasteiger partial charge in [-0.3, -0.25) is 0 Å². The number of aromatic hydroxyl groups is 1. The Balaban J connectivity index is 0.00000193. The molecular weight excluding hydrogens is 406 g/mol. The number of benzene rings is 1. The molecule has 3 fully saturated rings. The molecule has 1 spiro atoms. The standard InChI is InChI=1S/C23H31NO5.ClH/c1-2-11-28-23-8-7-17(26)21-22(23)9-10-24(27,13-14-3-4-14)18(23)12-15-5-6-16(25)20(29-21)19(15)22;/h5-6,14,17-18,21,25-26H,2-4,7-13H2,1H3;1H/t17-,18+,21-,22-,23+,24?;/m0./s1. The van der Waals surface area contributed by atoms with Gasteiger partial charge in [-0.05, 0) is 43.7 Å². The van der Waals surface area contributed by atoms with Gasteiger partial charge in [-0.25, -0.2) is 0 Å². The lowest BCUT2D eigenvalue weighted by molar-refractivity contribution is -0.924. The summed E-state index contributed by atoms with van der Waals surface area (Å²) >= 11 is 0. The number of ether oxygens (including phenoxy) is 2. The average molecular weight is 438 g/mol. The molecule has 6 nitrogen and oxygen atoms in total. The summed E-state index contributed by atoms with van der Waals surface area (Å²) in [6.07, 6.45) is 4.73. The topological polar surface area (TPSA) is 82.0 Å². The molecule has 0 amide bonds. The lowest BCUT2D eigenvalue weighted by Crippen LogP contribution is -2.81. The van der Waals surface area contributed by atoms with E-state index in [1.165, 1.54) is 12.8 Å². The summed E-state index contributed by atoms with van der Waals surface area (Å²) in [5.41, 5.74) is 0.950. The smallest absolute Gasteiger partial charge is 0.165 e. The van der Waals surface area contributed by atoms with Crippen LogP contribution in [0, 0.1) is 11.1 Å². The molecule has 7 heteroatoms. The number of halogens is 1. The third-order valence-corrected chi connectivity index (χ3v) is 8.55. The maximum absolute atomic E-state index is 14.3. The summed E-state index contributed by atoms with van der Waals surface area (Å²) < 4.78 is 12.9. The van der Waals surface area contributed by atoms with Gasteiger partial charge in [-0.1, -0.05) is 13.0 Å². The van der Waals surface area contributed by atoms with Crippen LogP contribution in [-0.4, -0.2) is 58.4 Å². The van der Waals surface area contributed by atoms with Crippen LogP contribution in [0.1, 0.15) is 56.6 Å². The molecule has 2 bridgehead atoms. The fourth-order valence-electron chi connectivity index (χ4n) is 7.28. The third-order valence-electron chi connectivity index (χ3n) is 8.55. The molecule has 2 heterocycles. The second-order valence-electron chi connectivity index (χ2n) is 10.1. The van der Waals surface area contributed by atoms with Crippen molar-refractivity contribution in [3.05, 3.63) is 28.5 Å². The van der Waals surface area contributed by atoms with Gasteiger partial charge in [-0.2, -0.15) is 0 Å². The van der Waals surface area contributed by atoms with Crippen LogP contribution in [0.2, 0.25) is 0 Å². The van der Waals surface area contributed by atoms with E-state index in [1.54, 1.807) is 6.07 Å². The van der Waals surface area contributed by atoms with E-state index in [1.807, 2.05) is 6.07 Å². The van der Waals surface area contributed by atoms with E-state index in [2.05, 4.69) is 6.92 Å². The minimum Gasteiger partial charge on any atom is -0.632 e. The second-order valence-corrected chi connectivity index (χ2v) is 10.1. The molecule has 1 aromatic rings. The minimum absolute atomic E-state index is 0. The summed E-state index contributed by atoms with van der Waals surface area (Å²) in [4.78, 5) is 0. The summed E-state index contributed by atoms with van der Waals surface area (Å²) in [5, 5.41) is 35.9. The molecule has 0 radical (unpaired) electrons. The summed E-state index contributed by atoms with van der Waals surface area (Å²) in [5.74, 6) is 1.20. The van der Waals surface area contributed by atoms with Gasteiger partial charge in [0.25, 0.3) is 0 Å². The molecular formula is C23H32ClNO5. The zero-order valence-electron chi connectivity index (χ0n) is 17.5. The Bertz CT molecular complexity index is 858. The average Bonchev–Trinajstić information content (AvgIpc) is 3.43. The van der Waals surface area contributed by atoms with Gasteiger partial charge in [0.1, 0.15) is 17.7 Å². The lowest BCUT2D eigenvalue weighted by atomic mass is 9.48. The first-order chi connectivity index (χ1) is 14.0. The van der Waals surface area contributed by atoms with Gasteiger partial charge >= 0.3 is 0 Å². The van der Waals surface area contributed by atoms with Crippen LogP contribution >= 0.6 is 12.4 Å². The molecule has 0 aromatic heterocycles. The van der Waals surface area contributed by atoms with Crippen molar-refractivity contribution in [2.24, 2.45) is 5.92 Å². The first-order valence-corrected chi connectivity index (χ1v) is 11.4. The van der Waals surface area contributed by atoms with Crippen LogP contribution in [0.5, 0.6) is 11.5 Å². The van der Waals surface area contributed by atoms with Crippen molar-refractivity contribution in [1.82, 2.24) is 0 Å². The van der Waals surface area contributed by atoms with Crippen molar-refractivity contribution >= 4 is 12.4 Å². The van der Waals surface area contributed by atoms with Crippen LogP contribution < -0.4 is 4.74 Å². The normalized spacial score (nSPS) is 42.8. The zero-order chi connectivity index (χ0) is 20.0. The Kier molecular flexibility index (Phi) is 4.67. The van der Waals surface area contributed by atoms with Crippen LogP contribution in [0.4, 0.5) is 0 Å². The number of rotatable bonds is 5. The Morgan fingerprint density at radius 1 is 1.27 bits per heavy atom. The first kappa shape index (κ1) is 20.8. The van der Waals surface area contributed by atoms with E-state index >= 15 is 0 Å². The van der Waals surface area contributed by atoms with Gasteiger partial charge in [0.2, 0.25) is 0 Å².